The molecule has 1 aromatic heterocycles. The van der Waals surface area contributed by atoms with Gasteiger partial charge in [-0.3, -0.25) is 4.79 Å². The second-order valence-electron chi connectivity index (χ2n) is 4.46. The first-order chi connectivity index (χ1) is 10.3. The molecule has 0 fully saturated rings. The molecule has 1 heterocycles. The van der Waals surface area contributed by atoms with E-state index < -0.39 is 0 Å². The molecule has 0 amide bonds. The largest absolute Gasteiger partial charge is 0.493 e. The molecule has 5 heteroatoms. The normalized spacial score (nSPS) is 10.3. The van der Waals surface area contributed by atoms with Crippen LogP contribution in [0.3, 0.4) is 0 Å². The number of nitrogens with zero attached hydrogens (tertiary/aromatic N) is 1. The molecule has 0 aliphatic carbocycles. The molecule has 0 aliphatic rings. The van der Waals surface area contributed by atoms with Crippen molar-refractivity contribution in [1.29, 1.82) is 0 Å². The smallest absolute Gasteiger partial charge is 0.292 e. The highest BCUT2D eigenvalue weighted by Crippen LogP contribution is 2.08. The Hall–Kier alpha value is -2.27. The molecule has 0 saturated carbocycles. The first kappa shape index (κ1) is 15.1. The third kappa shape index (κ3) is 4.65. The van der Waals surface area contributed by atoms with Gasteiger partial charge in [0, 0.05) is 19.2 Å². The van der Waals surface area contributed by atoms with Crippen molar-refractivity contribution >= 4 is 0 Å². The number of aromatic nitrogens is 1. The molecule has 0 aliphatic heterocycles. The van der Waals surface area contributed by atoms with Gasteiger partial charge in [-0.2, -0.15) is 0 Å². The Bertz CT molecular complexity index is 595. The van der Waals surface area contributed by atoms with Crippen molar-refractivity contribution < 1.29 is 14.6 Å². The van der Waals surface area contributed by atoms with E-state index in [4.69, 9.17) is 14.6 Å². The Morgan fingerprint density at radius 1 is 1.00 bits per heavy atom. The summed E-state index contributed by atoms with van der Waals surface area (Å²) in [6.07, 6.45) is 2.31. The van der Waals surface area contributed by atoms with Gasteiger partial charge in [0.05, 0.1) is 19.8 Å². The van der Waals surface area contributed by atoms with Crippen molar-refractivity contribution in [2.75, 3.05) is 19.8 Å². The van der Waals surface area contributed by atoms with Crippen molar-refractivity contribution in [2.45, 2.75) is 13.0 Å². The number of aliphatic hydroxyl groups is 1. The summed E-state index contributed by atoms with van der Waals surface area (Å²) in [6.45, 7) is 1.13. The number of para-hydroxylation sites is 1. The summed E-state index contributed by atoms with van der Waals surface area (Å²) < 4.78 is 12.4. The first-order valence-electron chi connectivity index (χ1n) is 6.92. The van der Waals surface area contributed by atoms with Crippen LogP contribution in [-0.2, 0) is 6.54 Å². The summed E-state index contributed by atoms with van der Waals surface area (Å²) in [5.74, 6) is 1.12. The zero-order valence-electron chi connectivity index (χ0n) is 11.8. The lowest BCUT2D eigenvalue weighted by atomic mass is 10.3. The number of pyridine rings is 1. The molecule has 21 heavy (non-hydrogen) atoms. The summed E-state index contributed by atoms with van der Waals surface area (Å²) >= 11 is 0. The highest BCUT2D eigenvalue weighted by Gasteiger charge is 2.03. The maximum absolute atomic E-state index is 11.9. The van der Waals surface area contributed by atoms with Crippen LogP contribution in [0.25, 0.3) is 0 Å². The molecule has 0 bridgehead atoms. The molecule has 5 nitrogen and oxygen atoms in total. The van der Waals surface area contributed by atoms with E-state index in [0.29, 0.717) is 25.4 Å². The SMILES string of the molecule is O=c1c(OCCCOc2ccccc2)cccn1CCO. The Morgan fingerprint density at radius 3 is 2.52 bits per heavy atom. The maximum Gasteiger partial charge on any atom is 0.292 e. The number of rotatable bonds is 8. The molecular formula is C16H19NO4. The molecule has 0 radical (unpaired) electrons. The van der Waals surface area contributed by atoms with Crippen LogP contribution in [0.1, 0.15) is 6.42 Å². The van der Waals surface area contributed by atoms with Crippen LogP contribution in [0.15, 0.2) is 53.5 Å². The highest BCUT2D eigenvalue weighted by atomic mass is 16.5. The number of aliphatic hydroxyl groups excluding tert-OH is 1. The van der Waals surface area contributed by atoms with Gasteiger partial charge in [-0.15, -0.1) is 0 Å². The Labute approximate surface area is 123 Å². The lowest BCUT2D eigenvalue weighted by Crippen LogP contribution is -2.23. The minimum absolute atomic E-state index is 0.0751. The number of hydrogen-bond donors (Lipinski definition) is 1. The van der Waals surface area contributed by atoms with Gasteiger partial charge in [0.15, 0.2) is 5.75 Å². The fourth-order valence-corrected chi connectivity index (χ4v) is 1.86. The first-order valence-corrected chi connectivity index (χ1v) is 6.92. The average Bonchev–Trinajstić information content (AvgIpc) is 2.51. The van der Waals surface area contributed by atoms with Gasteiger partial charge >= 0.3 is 0 Å². The van der Waals surface area contributed by atoms with Crippen molar-refractivity contribution in [3.8, 4) is 11.5 Å². The quantitative estimate of drug-likeness (QED) is 0.751. The Balaban J connectivity index is 1.76. The van der Waals surface area contributed by atoms with Gasteiger partial charge in [0.1, 0.15) is 5.75 Å². The Kier molecular flexibility index (Phi) is 5.84. The van der Waals surface area contributed by atoms with E-state index in [1.54, 1.807) is 18.3 Å². The van der Waals surface area contributed by atoms with E-state index >= 15 is 0 Å². The topological polar surface area (TPSA) is 60.7 Å². The average molecular weight is 289 g/mol. The van der Waals surface area contributed by atoms with Gasteiger partial charge in [0.2, 0.25) is 0 Å². The van der Waals surface area contributed by atoms with Crippen molar-refractivity contribution in [1.82, 2.24) is 4.57 Å². The van der Waals surface area contributed by atoms with Crippen LogP contribution >= 0.6 is 0 Å². The molecule has 1 aromatic carbocycles. The van der Waals surface area contributed by atoms with Crippen molar-refractivity contribution in [3.05, 3.63) is 59.0 Å². The second kappa shape index (κ2) is 8.11. The lowest BCUT2D eigenvalue weighted by molar-refractivity contribution is 0.242. The highest BCUT2D eigenvalue weighted by molar-refractivity contribution is 5.20. The zero-order valence-corrected chi connectivity index (χ0v) is 11.8. The van der Waals surface area contributed by atoms with E-state index in [0.717, 1.165) is 5.75 Å². The van der Waals surface area contributed by atoms with Crippen LogP contribution in [-0.4, -0.2) is 29.5 Å². The van der Waals surface area contributed by atoms with Crippen molar-refractivity contribution in [2.24, 2.45) is 0 Å². The van der Waals surface area contributed by atoms with E-state index in [1.807, 2.05) is 30.3 Å². The molecule has 2 aromatic rings. The van der Waals surface area contributed by atoms with Crippen LogP contribution in [0, 0.1) is 0 Å². The van der Waals surface area contributed by atoms with Gasteiger partial charge in [-0.05, 0) is 24.3 Å². The second-order valence-corrected chi connectivity index (χ2v) is 4.46. The maximum atomic E-state index is 11.9. The summed E-state index contributed by atoms with van der Waals surface area (Å²) in [5.41, 5.74) is -0.226. The van der Waals surface area contributed by atoms with Crippen LogP contribution < -0.4 is 15.0 Å². The number of ether oxygens (including phenoxy) is 2. The number of benzene rings is 1. The summed E-state index contributed by atoms with van der Waals surface area (Å²) in [6, 6.07) is 12.9. The molecule has 0 atom stereocenters. The lowest BCUT2D eigenvalue weighted by Gasteiger charge is -2.09. The molecule has 112 valence electrons. The van der Waals surface area contributed by atoms with Crippen LogP contribution in [0.5, 0.6) is 11.5 Å². The predicted octanol–water partition coefficient (Wildman–Crippen LogP) is 1.69. The zero-order chi connectivity index (χ0) is 14.9. The van der Waals surface area contributed by atoms with Crippen LogP contribution in [0.2, 0.25) is 0 Å². The van der Waals surface area contributed by atoms with Gasteiger partial charge in [-0.25, -0.2) is 0 Å². The summed E-state index contributed by atoms with van der Waals surface area (Å²) in [7, 11) is 0. The van der Waals surface area contributed by atoms with E-state index in [9.17, 15) is 4.79 Å². The van der Waals surface area contributed by atoms with E-state index in [2.05, 4.69) is 0 Å². The number of hydrogen-bond acceptors (Lipinski definition) is 4. The molecule has 0 spiro atoms. The minimum atomic E-state index is -0.226. The third-order valence-corrected chi connectivity index (χ3v) is 2.88. The van der Waals surface area contributed by atoms with Crippen molar-refractivity contribution in [3.63, 3.8) is 0 Å². The van der Waals surface area contributed by atoms with E-state index in [-0.39, 0.29) is 18.7 Å². The van der Waals surface area contributed by atoms with Gasteiger partial charge < -0.3 is 19.1 Å². The van der Waals surface area contributed by atoms with Crippen LogP contribution in [0.4, 0.5) is 0 Å². The summed E-state index contributed by atoms with van der Waals surface area (Å²) in [4.78, 5) is 11.9. The monoisotopic (exact) mass is 289 g/mol. The fourth-order valence-electron chi connectivity index (χ4n) is 1.86. The third-order valence-electron chi connectivity index (χ3n) is 2.88. The summed E-state index contributed by atoms with van der Waals surface area (Å²) in [5, 5.41) is 8.87. The van der Waals surface area contributed by atoms with E-state index in [1.165, 1.54) is 4.57 Å². The predicted molar refractivity (Wildman–Crippen MR) is 79.8 cm³/mol. The van der Waals surface area contributed by atoms with Gasteiger partial charge in [-0.1, -0.05) is 18.2 Å². The molecular weight excluding hydrogens is 270 g/mol. The molecule has 2 rings (SSSR count). The van der Waals surface area contributed by atoms with Gasteiger partial charge in [0.25, 0.3) is 5.56 Å². The molecule has 0 saturated heterocycles. The Morgan fingerprint density at radius 2 is 1.76 bits per heavy atom. The minimum Gasteiger partial charge on any atom is -0.493 e. The molecule has 1 N–H and O–H groups in total. The standard InChI is InChI=1S/C16H19NO4/c18-11-10-17-9-4-8-15(16(17)19)21-13-5-12-20-14-6-2-1-3-7-14/h1-4,6-9,18H,5,10-13H2. The molecule has 0 unspecified atom stereocenters. The fraction of sp³-hybridized carbons (Fsp3) is 0.312.